The SMILES string of the molecule is CCCCn1c(=O)c(CCC(=O)OC(C)C(=O)Nc2ccccc2C(C)=O)nc2ccccc21. The van der Waals surface area contributed by atoms with Crippen LogP contribution in [0.15, 0.2) is 53.3 Å². The average Bonchev–Trinajstić information content (AvgIpc) is 2.82. The molecule has 0 aliphatic heterocycles. The van der Waals surface area contributed by atoms with Gasteiger partial charge in [-0.15, -0.1) is 0 Å². The fourth-order valence-corrected chi connectivity index (χ4v) is 3.61. The molecular weight excluding hydrogens is 434 g/mol. The van der Waals surface area contributed by atoms with Crippen LogP contribution in [0.5, 0.6) is 0 Å². The number of esters is 1. The highest BCUT2D eigenvalue weighted by Crippen LogP contribution is 2.16. The number of amides is 1. The molecule has 0 aliphatic rings. The monoisotopic (exact) mass is 463 g/mol. The van der Waals surface area contributed by atoms with E-state index in [1.54, 1.807) is 28.8 Å². The first-order valence-corrected chi connectivity index (χ1v) is 11.4. The van der Waals surface area contributed by atoms with Gasteiger partial charge in [0.15, 0.2) is 11.9 Å². The number of unbranched alkanes of at least 4 members (excludes halogenated alkanes) is 1. The van der Waals surface area contributed by atoms with E-state index in [0.29, 0.717) is 29.0 Å². The summed E-state index contributed by atoms with van der Waals surface area (Å²) in [5.74, 6) is -1.35. The predicted molar refractivity (Wildman–Crippen MR) is 130 cm³/mol. The smallest absolute Gasteiger partial charge is 0.306 e. The second-order valence-corrected chi connectivity index (χ2v) is 8.08. The Morgan fingerprint density at radius 1 is 1.09 bits per heavy atom. The molecule has 0 saturated heterocycles. The van der Waals surface area contributed by atoms with Crippen molar-refractivity contribution in [3.8, 4) is 0 Å². The lowest BCUT2D eigenvalue weighted by Crippen LogP contribution is -2.31. The normalized spacial score (nSPS) is 11.7. The summed E-state index contributed by atoms with van der Waals surface area (Å²) >= 11 is 0. The average molecular weight is 464 g/mol. The molecule has 0 aliphatic carbocycles. The van der Waals surface area contributed by atoms with Gasteiger partial charge in [-0.25, -0.2) is 4.98 Å². The number of nitrogens with one attached hydrogen (secondary N) is 1. The van der Waals surface area contributed by atoms with Crippen LogP contribution in [0.2, 0.25) is 0 Å². The van der Waals surface area contributed by atoms with E-state index in [-0.39, 0.29) is 24.2 Å². The van der Waals surface area contributed by atoms with E-state index in [1.807, 2.05) is 24.3 Å². The molecule has 1 atom stereocenters. The minimum absolute atomic E-state index is 0.0873. The van der Waals surface area contributed by atoms with E-state index in [4.69, 9.17) is 4.74 Å². The summed E-state index contributed by atoms with van der Waals surface area (Å²) in [6.07, 6.45) is 0.751. The van der Waals surface area contributed by atoms with E-state index < -0.39 is 18.0 Å². The summed E-state index contributed by atoms with van der Waals surface area (Å²) in [4.78, 5) is 54.0. The summed E-state index contributed by atoms with van der Waals surface area (Å²) in [6.45, 7) is 5.50. The molecule has 0 spiro atoms. The minimum atomic E-state index is -1.07. The largest absolute Gasteiger partial charge is 0.453 e. The molecule has 0 bridgehead atoms. The van der Waals surface area contributed by atoms with Crippen LogP contribution in [-0.4, -0.2) is 33.3 Å². The van der Waals surface area contributed by atoms with Crippen molar-refractivity contribution in [3.05, 3.63) is 70.1 Å². The van der Waals surface area contributed by atoms with Gasteiger partial charge in [0, 0.05) is 18.5 Å². The first-order chi connectivity index (χ1) is 16.3. The maximum Gasteiger partial charge on any atom is 0.306 e. The molecule has 2 aromatic carbocycles. The number of Topliss-reactive ketones (excluding diaryl/α,β-unsaturated/α-hetero) is 1. The van der Waals surface area contributed by atoms with Crippen molar-refractivity contribution in [1.82, 2.24) is 9.55 Å². The molecule has 178 valence electrons. The number of para-hydroxylation sites is 3. The minimum Gasteiger partial charge on any atom is -0.453 e. The number of aryl methyl sites for hydroxylation is 2. The third kappa shape index (κ3) is 5.95. The van der Waals surface area contributed by atoms with Crippen molar-refractivity contribution in [3.63, 3.8) is 0 Å². The van der Waals surface area contributed by atoms with Crippen molar-refractivity contribution in [1.29, 1.82) is 0 Å². The van der Waals surface area contributed by atoms with Crippen LogP contribution in [0.25, 0.3) is 11.0 Å². The zero-order chi connectivity index (χ0) is 24.7. The van der Waals surface area contributed by atoms with Crippen LogP contribution in [0.1, 0.15) is 56.1 Å². The number of ether oxygens (including phenoxy) is 1. The number of hydrogen-bond donors (Lipinski definition) is 1. The van der Waals surface area contributed by atoms with Gasteiger partial charge in [-0.1, -0.05) is 37.6 Å². The number of carbonyl (C=O) groups is 3. The molecule has 0 fully saturated rings. The van der Waals surface area contributed by atoms with Crippen LogP contribution >= 0.6 is 0 Å². The quantitative estimate of drug-likeness (QED) is 0.361. The molecule has 0 radical (unpaired) electrons. The molecule has 8 nitrogen and oxygen atoms in total. The van der Waals surface area contributed by atoms with Gasteiger partial charge in [-0.05, 0) is 44.5 Å². The highest BCUT2D eigenvalue weighted by Gasteiger charge is 2.20. The number of hydrogen-bond acceptors (Lipinski definition) is 6. The Balaban J connectivity index is 1.66. The molecule has 3 rings (SSSR count). The van der Waals surface area contributed by atoms with Gasteiger partial charge in [-0.2, -0.15) is 0 Å². The number of rotatable bonds is 10. The van der Waals surface area contributed by atoms with Crippen molar-refractivity contribution < 1.29 is 19.1 Å². The van der Waals surface area contributed by atoms with Crippen LogP contribution in [0.4, 0.5) is 5.69 Å². The van der Waals surface area contributed by atoms with Crippen LogP contribution < -0.4 is 10.9 Å². The topological polar surface area (TPSA) is 107 Å². The lowest BCUT2D eigenvalue weighted by molar-refractivity contribution is -0.153. The van der Waals surface area contributed by atoms with Crippen LogP contribution in [0.3, 0.4) is 0 Å². The lowest BCUT2D eigenvalue weighted by atomic mass is 10.1. The number of ketones is 1. The Labute approximate surface area is 198 Å². The van der Waals surface area contributed by atoms with Gasteiger partial charge in [0.2, 0.25) is 0 Å². The molecule has 0 saturated carbocycles. The molecule has 1 unspecified atom stereocenters. The molecule has 3 aromatic rings. The number of carbonyl (C=O) groups excluding carboxylic acids is 3. The Morgan fingerprint density at radius 3 is 2.53 bits per heavy atom. The van der Waals surface area contributed by atoms with E-state index in [9.17, 15) is 19.2 Å². The lowest BCUT2D eigenvalue weighted by Gasteiger charge is -2.15. The number of nitrogens with zero attached hydrogens (tertiary/aromatic N) is 2. The fraction of sp³-hybridized carbons (Fsp3) is 0.346. The second kappa shape index (κ2) is 11.4. The fourth-order valence-electron chi connectivity index (χ4n) is 3.61. The Bertz CT molecular complexity index is 1260. The first-order valence-electron chi connectivity index (χ1n) is 11.4. The predicted octanol–water partition coefficient (Wildman–Crippen LogP) is 3.90. The van der Waals surface area contributed by atoms with Crippen molar-refractivity contribution >= 4 is 34.4 Å². The highest BCUT2D eigenvalue weighted by molar-refractivity contribution is 6.04. The summed E-state index contributed by atoms with van der Waals surface area (Å²) < 4.78 is 6.96. The summed E-state index contributed by atoms with van der Waals surface area (Å²) in [6, 6.07) is 14.0. The summed E-state index contributed by atoms with van der Waals surface area (Å²) in [7, 11) is 0. The molecular formula is C26H29N3O5. The molecule has 34 heavy (non-hydrogen) atoms. The Hall–Kier alpha value is -3.81. The van der Waals surface area contributed by atoms with E-state index in [2.05, 4.69) is 17.2 Å². The summed E-state index contributed by atoms with van der Waals surface area (Å²) in [5, 5.41) is 2.62. The van der Waals surface area contributed by atoms with Crippen molar-refractivity contribution in [2.24, 2.45) is 0 Å². The molecule has 1 amide bonds. The third-order valence-electron chi connectivity index (χ3n) is 5.46. The van der Waals surface area contributed by atoms with Crippen LogP contribution in [0, 0.1) is 0 Å². The second-order valence-electron chi connectivity index (χ2n) is 8.08. The number of benzene rings is 2. The van der Waals surface area contributed by atoms with Crippen molar-refractivity contribution in [2.45, 2.75) is 59.1 Å². The molecule has 1 heterocycles. The summed E-state index contributed by atoms with van der Waals surface area (Å²) in [5.41, 5.74) is 2.26. The van der Waals surface area contributed by atoms with Crippen molar-refractivity contribution in [2.75, 3.05) is 5.32 Å². The molecule has 8 heteroatoms. The molecule has 1 N–H and O–H groups in total. The zero-order valence-corrected chi connectivity index (χ0v) is 19.7. The third-order valence-corrected chi connectivity index (χ3v) is 5.46. The Morgan fingerprint density at radius 2 is 1.79 bits per heavy atom. The van der Waals surface area contributed by atoms with Gasteiger partial charge in [-0.3, -0.25) is 19.2 Å². The zero-order valence-electron chi connectivity index (χ0n) is 19.7. The van der Waals surface area contributed by atoms with Gasteiger partial charge in [0.25, 0.3) is 11.5 Å². The number of fused-ring (bicyclic) bond motifs is 1. The maximum absolute atomic E-state index is 13.0. The van der Waals surface area contributed by atoms with Gasteiger partial charge >= 0.3 is 5.97 Å². The highest BCUT2D eigenvalue weighted by atomic mass is 16.5. The van der Waals surface area contributed by atoms with Gasteiger partial charge in [0.1, 0.15) is 5.69 Å². The Kier molecular flexibility index (Phi) is 8.29. The van der Waals surface area contributed by atoms with E-state index >= 15 is 0 Å². The molecule has 1 aromatic heterocycles. The van der Waals surface area contributed by atoms with Gasteiger partial charge in [0.05, 0.1) is 23.1 Å². The maximum atomic E-state index is 13.0. The standard InChI is InChI=1S/C26H29N3O5/c1-4-5-16-29-23-13-9-8-12-21(23)27-22(26(29)33)14-15-24(31)34-18(3)25(32)28-20-11-7-6-10-19(20)17(2)30/h6-13,18H,4-5,14-16H2,1-3H3,(H,28,32). The van der Waals surface area contributed by atoms with E-state index in [0.717, 1.165) is 18.4 Å². The van der Waals surface area contributed by atoms with Gasteiger partial charge < -0.3 is 14.6 Å². The van der Waals surface area contributed by atoms with Crippen LogP contribution in [-0.2, 0) is 27.3 Å². The number of anilines is 1. The first kappa shape index (κ1) is 24.8. The van der Waals surface area contributed by atoms with E-state index in [1.165, 1.54) is 13.8 Å². The number of aromatic nitrogens is 2.